The second kappa shape index (κ2) is 7.21. The topological polar surface area (TPSA) is 75.9 Å². The Bertz CT molecular complexity index is 706. The summed E-state index contributed by atoms with van der Waals surface area (Å²) < 4.78 is 2.22. The van der Waals surface area contributed by atoms with Crippen LogP contribution in [-0.4, -0.2) is 43.8 Å². The highest BCUT2D eigenvalue weighted by Crippen LogP contribution is 2.29. The predicted octanol–water partition coefficient (Wildman–Crippen LogP) is 2.52. The van der Waals surface area contributed by atoms with Gasteiger partial charge in [-0.25, -0.2) is 9.78 Å². The minimum atomic E-state index is -0.0443. The summed E-state index contributed by atoms with van der Waals surface area (Å²) in [7, 11) is 0. The summed E-state index contributed by atoms with van der Waals surface area (Å²) in [5, 5.41) is 10.8. The first kappa shape index (κ1) is 17.4. The first-order chi connectivity index (χ1) is 11.9. The van der Waals surface area contributed by atoms with Crippen LogP contribution in [0, 0.1) is 0 Å². The van der Waals surface area contributed by atoms with Gasteiger partial charge in [0.25, 0.3) is 0 Å². The van der Waals surface area contributed by atoms with Crippen molar-refractivity contribution in [3.05, 3.63) is 42.2 Å². The molecule has 134 valence electrons. The lowest BCUT2D eigenvalue weighted by molar-refractivity contribution is 0.176. The van der Waals surface area contributed by atoms with Crippen molar-refractivity contribution in [1.82, 2.24) is 30.0 Å². The number of urea groups is 1. The Kier molecular flexibility index (Phi) is 5.01. The van der Waals surface area contributed by atoms with Crippen LogP contribution in [0.1, 0.15) is 50.9 Å². The summed E-state index contributed by atoms with van der Waals surface area (Å²) in [6.45, 7) is 8.42. The molecule has 0 aromatic carbocycles. The summed E-state index contributed by atoms with van der Waals surface area (Å²) in [6.07, 6.45) is 7.53. The summed E-state index contributed by atoms with van der Waals surface area (Å²) in [6, 6.07) is 3.63. The summed E-state index contributed by atoms with van der Waals surface area (Å²) >= 11 is 0. The Balaban J connectivity index is 1.63. The Labute approximate surface area is 148 Å². The van der Waals surface area contributed by atoms with E-state index in [2.05, 4.69) is 45.8 Å². The van der Waals surface area contributed by atoms with Crippen molar-refractivity contribution in [2.75, 3.05) is 13.1 Å². The molecule has 7 nitrogen and oxygen atoms in total. The number of amides is 2. The van der Waals surface area contributed by atoms with E-state index in [1.165, 1.54) is 5.69 Å². The van der Waals surface area contributed by atoms with Crippen molar-refractivity contribution >= 4 is 6.03 Å². The van der Waals surface area contributed by atoms with Gasteiger partial charge in [-0.1, -0.05) is 0 Å². The Hall–Kier alpha value is -2.44. The predicted molar refractivity (Wildman–Crippen MR) is 95.0 cm³/mol. The number of likely N-dealkylation sites (tertiary alicyclic amines) is 1. The fourth-order valence-electron chi connectivity index (χ4n) is 3.28. The van der Waals surface area contributed by atoms with Gasteiger partial charge in [-0.3, -0.25) is 0 Å². The quantitative estimate of drug-likeness (QED) is 0.930. The first-order valence-corrected chi connectivity index (χ1v) is 8.77. The molecule has 1 fully saturated rings. The molecule has 2 aromatic heterocycles. The van der Waals surface area contributed by atoms with Crippen LogP contribution >= 0.6 is 0 Å². The smallest absolute Gasteiger partial charge is 0.317 e. The molecule has 0 radical (unpaired) electrons. The molecule has 0 bridgehead atoms. The van der Waals surface area contributed by atoms with Crippen molar-refractivity contribution in [3.63, 3.8) is 0 Å². The Morgan fingerprint density at radius 3 is 2.96 bits per heavy atom. The van der Waals surface area contributed by atoms with Crippen LogP contribution < -0.4 is 5.32 Å². The van der Waals surface area contributed by atoms with Gasteiger partial charge in [-0.2, -0.15) is 10.2 Å². The molecule has 3 heterocycles. The zero-order valence-electron chi connectivity index (χ0n) is 15.1. The highest BCUT2D eigenvalue weighted by molar-refractivity contribution is 5.74. The molecule has 1 unspecified atom stereocenters. The van der Waals surface area contributed by atoms with Crippen molar-refractivity contribution in [3.8, 4) is 0 Å². The fourth-order valence-corrected chi connectivity index (χ4v) is 3.28. The van der Waals surface area contributed by atoms with Crippen molar-refractivity contribution in [2.24, 2.45) is 0 Å². The van der Waals surface area contributed by atoms with Gasteiger partial charge >= 0.3 is 6.03 Å². The summed E-state index contributed by atoms with van der Waals surface area (Å²) in [5.74, 6) is 0.317. The average Bonchev–Trinajstić information content (AvgIpc) is 3.11. The van der Waals surface area contributed by atoms with Crippen LogP contribution in [0.5, 0.6) is 0 Å². The first-order valence-electron chi connectivity index (χ1n) is 8.77. The van der Waals surface area contributed by atoms with E-state index in [0.717, 1.165) is 25.1 Å². The molecule has 2 aromatic rings. The maximum Gasteiger partial charge on any atom is 0.317 e. The van der Waals surface area contributed by atoms with Crippen LogP contribution in [0.2, 0.25) is 0 Å². The zero-order valence-corrected chi connectivity index (χ0v) is 15.1. The Morgan fingerprint density at radius 2 is 2.24 bits per heavy atom. The molecule has 1 atom stereocenters. The zero-order chi connectivity index (χ0) is 17.9. The van der Waals surface area contributed by atoms with Gasteiger partial charge < -0.3 is 14.8 Å². The number of nitrogens with one attached hydrogen (secondary N) is 1. The van der Waals surface area contributed by atoms with Gasteiger partial charge in [-0.15, -0.1) is 0 Å². The number of aromatic nitrogens is 4. The van der Waals surface area contributed by atoms with E-state index < -0.39 is 0 Å². The van der Waals surface area contributed by atoms with Crippen LogP contribution in [0.4, 0.5) is 4.79 Å². The lowest BCUT2D eigenvalue weighted by Gasteiger charge is -2.35. The molecule has 7 heteroatoms. The second-order valence-corrected chi connectivity index (χ2v) is 7.52. The lowest BCUT2D eigenvalue weighted by Crippen LogP contribution is -2.45. The van der Waals surface area contributed by atoms with E-state index in [4.69, 9.17) is 0 Å². The van der Waals surface area contributed by atoms with E-state index in [0.29, 0.717) is 19.0 Å². The van der Waals surface area contributed by atoms with Crippen LogP contribution in [0.3, 0.4) is 0 Å². The van der Waals surface area contributed by atoms with Gasteiger partial charge in [-0.05, 0) is 45.7 Å². The van der Waals surface area contributed by atoms with E-state index in [1.807, 2.05) is 29.6 Å². The van der Waals surface area contributed by atoms with Gasteiger partial charge in [0, 0.05) is 42.6 Å². The maximum absolute atomic E-state index is 12.5. The normalized spacial score (nSPS) is 18.2. The standard InChI is InChI=1S/C18H26N6O/c1-18(2,3)24-13-19-11-16(24)14-6-5-9-23(12-14)17(25)20-10-15-7-4-8-21-22-15/h4,7-8,11,13-14H,5-6,9-10,12H2,1-3H3,(H,20,25). The van der Waals surface area contributed by atoms with Gasteiger partial charge in [0.15, 0.2) is 0 Å². The maximum atomic E-state index is 12.5. The van der Waals surface area contributed by atoms with Crippen molar-refractivity contribution < 1.29 is 4.79 Å². The highest BCUT2D eigenvalue weighted by atomic mass is 16.2. The summed E-state index contributed by atoms with van der Waals surface area (Å²) in [4.78, 5) is 18.7. The SMILES string of the molecule is CC(C)(C)n1cncc1C1CCCN(C(=O)NCc2cccnn2)C1. The molecule has 0 saturated carbocycles. The number of nitrogens with zero attached hydrogens (tertiary/aromatic N) is 5. The molecule has 3 rings (SSSR count). The van der Waals surface area contributed by atoms with Gasteiger partial charge in [0.2, 0.25) is 0 Å². The number of hydrogen-bond acceptors (Lipinski definition) is 4. The Morgan fingerprint density at radius 1 is 1.40 bits per heavy atom. The minimum Gasteiger partial charge on any atom is -0.332 e. The second-order valence-electron chi connectivity index (χ2n) is 7.52. The minimum absolute atomic E-state index is 0.0116. The molecule has 0 aliphatic carbocycles. The molecular weight excluding hydrogens is 316 g/mol. The highest BCUT2D eigenvalue weighted by Gasteiger charge is 2.28. The van der Waals surface area contributed by atoms with Gasteiger partial charge in [0.1, 0.15) is 0 Å². The molecule has 1 saturated heterocycles. The third-order valence-electron chi connectivity index (χ3n) is 4.56. The molecule has 1 aliphatic rings. The fraction of sp³-hybridized carbons (Fsp3) is 0.556. The molecule has 2 amide bonds. The van der Waals surface area contributed by atoms with E-state index in [9.17, 15) is 4.79 Å². The molecular formula is C18H26N6O. The molecule has 0 spiro atoms. The van der Waals surface area contributed by atoms with Crippen LogP contribution in [0.15, 0.2) is 30.9 Å². The van der Waals surface area contributed by atoms with E-state index in [-0.39, 0.29) is 11.6 Å². The molecule has 25 heavy (non-hydrogen) atoms. The number of piperidine rings is 1. The van der Waals surface area contributed by atoms with Gasteiger partial charge in [0.05, 0.1) is 18.6 Å². The van der Waals surface area contributed by atoms with Crippen LogP contribution in [0.25, 0.3) is 0 Å². The third-order valence-corrected chi connectivity index (χ3v) is 4.56. The lowest BCUT2D eigenvalue weighted by atomic mass is 9.94. The monoisotopic (exact) mass is 342 g/mol. The number of imidazole rings is 1. The number of rotatable bonds is 3. The number of hydrogen-bond donors (Lipinski definition) is 1. The van der Waals surface area contributed by atoms with E-state index >= 15 is 0 Å². The van der Waals surface area contributed by atoms with Crippen molar-refractivity contribution in [1.29, 1.82) is 0 Å². The van der Waals surface area contributed by atoms with E-state index in [1.54, 1.807) is 6.20 Å². The van der Waals surface area contributed by atoms with Crippen molar-refractivity contribution in [2.45, 2.75) is 51.6 Å². The van der Waals surface area contributed by atoms with Crippen LogP contribution in [-0.2, 0) is 12.1 Å². The summed E-state index contributed by atoms with van der Waals surface area (Å²) in [5.41, 5.74) is 1.96. The third kappa shape index (κ3) is 4.15. The average molecular weight is 342 g/mol. The largest absolute Gasteiger partial charge is 0.332 e. The number of carbonyl (C=O) groups excluding carboxylic acids is 1. The molecule has 1 N–H and O–H groups in total. The molecule has 1 aliphatic heterocycles. The number of carbonyl (C=O) groups is 1.